The molecular formula is C20H16N4O2S2. The van der Waals surface area contributed by atoms with Gasteiger partial charge in [-0.3, -0.25) is 14.7 Å². The lowest BCUT2D eigenvalue weighted by atomic mass is 10.2. The number of hydrogen-bond donors (Lipinski definition) is 1. The van der Waals surface area contributed by atoms with E-state index >= 15 is 0 Å². The van der Waals surface area contributed by atoms with Crippen LogP contribution in [0.1, 0.15) is 10.6 Å². The molecule has 0 aliphatic rings. The Morgan fingerprint density at radius 3 is 2.79 bits per heavy atom. The highest BCUT2D eigenvalue weighted by molar-refractivity contribution is 7.20. The maximum Gasteiger partial charge on any atom is 0.282 e. The number of hydrogen-bond acceptors (Lipinski definition) is 5. The number of aromatic nitrogens is 4. The number of para-hydroxylation sites is 1. The summed E-state index contributed by atoms with van der Waals surface area (Å²) >= 11 is 3.11. The standard InChI is InChI=1S/C20H16N4O2S2/c1-12-18-15(11-17(25)23(12)9-8-13-5-4-10-27-13)22-24(19(18)26)20-21-14-6-2-3-7-16(14)28-20/h2-7,10-11,22H,8-9H2,1H3. The number of aromatic amines is 1. The molecule has 0 aliphatic carbocycles. The van der Waals surface area contributed by atoms with Crippen LogP contribution in [0, 0.1) is 6.92 Å². The molecule has 0 radical (unpaired) electrons. The Balaban J connectivity index is 1.63. The molecule has 0 spiro atoms. The zero-order valence-electron chi connectivity index (χ0n) is 15.0. The van der Waals surface area contributed by atoms with Gasteiger partial charge in [-0.05, 0) is 36.9 Å². The molecule has 4 aromatic heterocycles. The Morgan fingerprint density at radius 1 is 1.14 bits per heavy atom. The summed E-state index contributed by atoms with van der Waals surface area (Å²) in [5, 5.41) is 6.19. The lowest BCUT2D eigenvalue weighted by molar-refractivity contribution is 0.659. The number of thiophene rings is 1. The van der Waals surface area contributed by atoms with Gasteiger partial charge < -0.3 is 4.57 Å². The molecule has 0 fully saturated rings. The lowest BCUT2D eigenvalue weighted by Gasteiger charge is -2.09. The molecule has 0 saturated carbocycles. The minimum atomic E-state index is -0.184. The van der Waals surface area contributed by atoms with Crippen LogP contribution in [0.4, 0.5) is 0 Å². The Kier molecular flexibility index (Phi) is 4.03. The zero-order valence-corrected chi connectivity index (χ0v) is 16.6. The van der Waals surface area contributed by atoms with Crippen molar-refractivity contribution in [1.29, 1.82) is 0 Å². The lowest BCUT2D eigenvalue weighted by Crippen LogP contribution is -2.24. The minimum Gasteiger partial charge on any atom is -0.312 e. The molecule has 6 nitrogen and oxygen atoms in total. The molecule has 0 saturated heterocycles. The van der Waals surface area contributed by atoms with Crippen molar-refractivity contribution < 1.29 is 0 Å². The number of fused-ring (bicyclic) bond motifs is 2. The number of pyridine rings is 1. The Morgan fingerprint density at radius 2 is 2.00 bits per heavy atom. The van der Waals surface area contributed by atoms with E-state index in [1.165, 1.54) is 27.0 Å². The number of aryl methyl sites for hydroxylation is 2. The molecule has 8 heteroatoms. The van der Waals surface area contributed by atoms with Gasteiger partial charge in [-0.15, -0.1) is 11.3 Å². The highest BCUT2D eigenvalue weighted by Crippen LogP contribution is 2.24. The van der Waals surface area contributed by atoms with Gasteiger partial charge in [-0.1, -0.05) is 29.5 Å². The van der Waals surface area contributed by atoms with Crippen molar-refractivity contribution >= 4 is 43.8 Å². The highest BCUT2D eigenvalue weighted by atomic mass is 32.1. The van der Waals surface area contributed by atoms with Crippen molar-refractivity contribution in [2.75, 3.05) is 0 Å². The first-order chi connectivity index (χ1) is 13.6. The number of thiazole rings is 1. The average Bonchev–Trinajstić information content (AvgIpc) is 3.40. The molecule has 0 aliphatic heterocycles. The first kappa shape index (κ1) is 17.2. The molecule has 5 aromatic rings. The van der Waals surface area contributed by atoms with E-state index in [1.807, 2.05) is 42.6 Å². The van der Waals surface area contributed by atoms with Gasteiger partial charge in [0.05, 0.1) is 21.1 Å². The highest BCUT2D eigenvalue weighted by Gasteiger charge is 2.17. The third-order valence-electron chi connectivity index (χ3n) is 4.85. The summed E-state index contributed by atoms with van der Waals surface area (Å²) in [6.07, 6.45) is 0.764. The number of rotatable bonds is 4. The Hall–Kier alpha value is -2.97. The number of nitrogens with one attached hydrogen (secondary N) is 1. The number of benzene rings is 1. The minimum absolute atomic E-state index is 0.112. The van der Waals surface area contributed by atoms with Gasteiger partial charge in [0.25, 0.3) is 11.1 Å². The van der Waals surface area contributed by atoms with Gasteiger partial charge in [-0.2, -0.15) is 4.68 Å². The molecule has 1 N–H and O–H groups in total. The third kappa shape index (κ3) is 2.73. The molecule has 0 bridgehead atoms. The molecule has 0 amide bonds. The summed E-state index contributed by atoms with van der Waals surface area (Å²) in [5.41, 5.74) is 1.77. The summed E-state index contributed by atoms with van der Waals surface area (Å²) in [4.78, 5) is 31.5. The molecule has 4 heterocycles. The largest absolute Gasteiger partial charge is 0.312 e. The first-order valence-corrected chi connectivity index (χ1v) is 10.5. The van der Waals surface area contributed by atoms with Crippen molar-refractivity contribution in [2.24, 2.45) is 0 Å². The van der Waals surface area contributed by atoms with E-state index in [0.717, 1.165) is 16.6 Å². The second kappa shape index (κ2) is 6.57. The van der Waals surface area contributed by atoms with Crippen LogP contribution in [0.15, 0.2) is 57.4 Å². The van der Waals surface area contributed by atoms with Crippen molar-refractivity contribution in [1.82, 2.24) is 19.3 Å². The van der Waals surface area contributed by atoms with Crippen molar-refractivity contribution in [2.45, 2.75) is 19.9 Å². The zero-order chi connectivity index (χ0) is 19.3. The predicted octanol–water partition coefficient (Wildman–Crippen LogP) is 3.70. The van der Waals surface area contributed by atoms with Crippen LogP contribution < -0.4 is 11.1 Å². The van der Waals surface area contributed by atoms with E-state index in [2.05, 4.69) is 16.1 Å². The van der Waals surface area contributed by atoms with E-state index < -0.39 is 0 Å². The van der Waals surface area contributed by atoms with Crippen molar-refractivity contribution in [3.8, 4) is 5.13 Å². The Bertz CT molecular complexity index is 1390. The Labute approximate surface area is 167 Å². The number of nitrogens with zero attached hydrogens (tertiary/aromatic N) is 3. The van der Waals surface area contributed by atoms with Gasteiger partial charge in [0.1, 0.15) is 0 Å². The average molecular weight is 409 g/mol. The smallest absolute Gasteiger partial charge is 0.282 e. The fraction of sp³-hybridized carbons (Fsp3) is 0.150. The van der Waals surface area contributed by atoms with E-state index in [0.29, 0.717) is 28.3 Å². The molecule has 1 aromatic carbocycles. The van der Waals surface area contributed by atoms with E-state index in [-0.39, 0.29) is 11.1 Å². The van der Waals surface area contributed by atoms with Gasteiger partial charge in [0, 0.05) is 23.2 Å². The molecule has 5 rings (SSSR count). The van der Waals surface area contributed by atoms with Gasteiger partial charge in [-0.25, -0.2) is 4.98 Å². The fourth-order valence-corrected chi connectivity index (χ4v) is 5.08. The predicted molar refractivity (Wildman–Crippen MR) is 114 cm³/mol. The van der Waals surface area contributed by atoms with Crippen LogP contribution in [0.25, 0.3) is 26.3 Å². The summed E-state index contributed by atoms with van der Waals surface area (Å²) < 4.78 is 4.13. The van der Waals surface area contributed by atoms with Crippen LogP contribution in [-0.4, -0.2) is 19.3 Å². The molecular weight excluding hydrogens is 392 g/mol. The first-order valence-electron chi connectivity index (χ1n) is 8.85. The van der Waals surface area contributed by atoms with Crippen molar-refractivity contribution in [3.05, 3.63) is 79.1 Å². The number of H-pyrrole nitrogens is 1. The normalized spacial score (nSPS) is 11.6. The molecule has 140 valence electrons. The second-order valence-electron chi connectivity index (χ2n) is 6.55. The maximum atomic E-state index is 13.1. The SMILES string of the molecule is Cc1c2c(=O)n(-c3nc4ccccc4s3)[nH]c2cc(=O)n1CCc1cccs1. The maximum absolute atomic E-state index is 13.1. The topological polar surface area (TPSA) is 72.7 Å². The summed E-state index contributed by atoms with van der Waals surface area (Å²) in [7, 11) is 0. The third-order valence-corrected chi connectivity index (χ3v) is 6.81. The van der Waals surface area contributed by atoms with Gasteiger partial charge >= 0.3 is 0 Å². The van der Waals surface area contributed by atoms with Crippen LogP contribution in [-0.2, 0) is 13.0 Å². The fourth-order valence-electron chi connectivity index (χ4n) is 3.45. The van der Waals surface area contributed by atoms with E-state index in [9.17, 15) is 9.59 Å². The molecule has 0 atom stereocenters. The monoisotopic (exact) mass is 408 g/mol. The van der Waals surface area contributed by atoms with Crippen LogP contribution in [0.5, 0.6) is 0 Å². The van der Waals surface area contributed by atoms with Crippen molar-refractivity contribution in [3.63, 3.8) is 0 Å². The molecule has 28 heavy (non-hydrogen) atoms. The van der Waals surface area contributed by atoms with Gasteiger partial charge in [0.2, 0.25) is 5.13 Å². The summed E-state index contributed by atoms with van der Waals surface area (Å²) in [6.45, 7) is 2.38. The van der Waals surface area contributed by atoms with Crippen LogP contribution in [0.3, 0.4) is 0 Å². The van der Waals surface area contributed by atoms with Gasteiger partial charge in [0.15, 0.2) is 0 Å². The van der Waals surface area contributed by atoms with E-state index in [1.54, 1.807) is 15.9 Å². The quantitative estimate of drug-likeness (QED) is 0.493. The summed E-state index contributed by atoms with van der Waals surface area (Å²) in [5.74, 6) is 0. The van der Waals surface area contributed by atoms with E-state index in [4.69, 9.17) is 0 Å². The van der Waals surface area contributed by atoms with Crippen LogP contribution >= 0.6 is 22.7 Å². The van der Waals surface area contributed by atoms with Crippen LogP contribution in [0.2, 0.25) is 0 Å². The molecule has 0 unspecified atom stereocenters. The summed E-state index contributed by atoms with van der Waals surface area (Å²) in [6, 6.07) is 13.3. The second-order valence-corrected chi connectivity index (χ2v) is 8.60.